The van der Waals surface area contributed by atoms with Crippen LogP contribution in [0.2, 0.25) is 0 Å². The average Bonchev–Trinajstić information content (AvgIpc) is 2.35. The largest absolute Gasteiger partial charge is 0.465 e. The molecule has 1 rings (SSSR count). The van der Waals surface area contributed by atoms with Crippen molar-refractivity contribution >= 4 is 33.7 Å². The Kier molecular flexibility index (Phi) is 7.49. The van der Waals surface area contributed by atoms with Crippen molar-refractivity contribution in [2.24, 2.45) is 0 Å². The molecule has 0 heterocycles. The fraction of sp³-hybridized carbons (Fsp3) is 0.500. The van der Waals surface area contributed by atoms with Crippen LogP contribution in [0.5, 0.6) is 0 Å². The van der Waals surface area contributed by atoms with Gasteiger partial charge in [-0.3, -0.25) is 4.79 Å². The highest BCUT2D eigenvalue weighted by atomic mass is 79.9. The Bertz CT molecular complexity index is 424. The number of carbonyl (C=O) groups excluding carboxylic acids is 1. The number of thioether (sulfide) groups is 1. The summed E-state index contributed by atoms with van der Waals surface area (Å²) in [6.45, 7) is 7.34. The molecule has 0 aromatic heterocycles. The second kappa shape index (κ2) is 8.61. The molecule has 3 nitrogen and oxygen atoms in total. The molecule has 0 amide bonds. The summed E-state index contributed by atoms with van der Waals surface area (Å²) in [6.07, 6.45) is 0. The predicted molar refractivity (Wildman–Crippen MR) is 83.5 cm³/mol. The average molecular weight is 346 g/mol. The second-order valence-corrected chi connectivity index (χ2v) is 6.27. The lowest BCUT2D eigenvalue weighted by atomic mass is 10.2. The van der Waals surface area contributed by atoms with Gasteiger partial charge in [0, 0.05) is 22.0 Å². The van der Waals surface area contributed by atoms with Crippen molar-refractivity contribution in [2.75, 3.05) is 12.4 Å². The zero-order valence-electron chi connectivity index (χ0n) is 11.5. The van der Waals surface area contributed by atoms with Gasteiger partial charge in [-0.2, -0.15) is 0 Å². The molecule has 0 spiro atoms. The van der Waals surface area contributed by atoms with Crippen LogP contribution in [0.3, 0.4) is 0 Å². The van der Waals surface area contributed by atoms with Gasteiger partial charge in [-0.25, -0.2) is 0 Å². The minimum atomic E-state index is -0.176. The van der Waals surface area contributed by atoms with Gasteiger partial charge in [-0.05, 0) is 40.5 Å². The van der Waals surface area contributed by atoms with E-state index in [1.807, 2.05) is 13.0 Å². The summed E-state index contributed by atoms with van der Waals surface area (Å²) in [4.78, 5) is 12.4. The number of rotatable bonds is 7. The molecule has 0 fully saturated rings. The maximum atomic E-state index is 11.3. The molecule has 106 valence electrons. The molecule has 1 aromatic rings. The lowest BCUT2D eigenvalue weighted by molar-refractivity contribution is -0.139. The van der Waals surface area contributed by atoms with Crippen LogP contribution in [-0.4, -0.2) is 24.4 Å². The maximum absolute atomic E-state index is 11.3. The first-order valence-corrected chi connectivity index (χ1v) is 8.11. The second-order valence-electron chi connectivity index (χ2n) is 4.39. The van der Waals surface area contributed by atoms with Gasteiger partial charge in [0.1, 0.15) is 0 Å². The van der Waals surface area contributed by atoms with Crippen LogP contribution in [0.15, 0.2) is 27.6 Å². The van der Waals surface area contributed by atoms with E-state index in [2.05, 4.69) is 47.2 Å². The fourth-order valence-electron chi connectivity index (χ4n) is 1.43. The Hall–Kier alpha value is -0.520. The summed E-state index contributed by atoms with van der Waals surface area (Å²) in [6, 6.07) is 6.67. The summed E-state index contributed by atoms with van der Waals surface area (Å²) in [7, 11) is 0. The SMILES string of the molecule is CCOC(=O)CSc1ccc(CNC(C)C)cc1Br. The van der Waals surface area contributed by atoms with Crippen molar-refractivity contribution in [3.63, 3.8) is 0 Å². The van der Waals surface area contributed by atoms with Crippen LogP contribution in [-0.2, 0) is 16.1 Å². The number of hydrogen-bond acceptors (Lipinski definition) is 4. The fourth-order valence-corrected chi connectivity index (χ4v) is 2.92. The third-order valence-electron chi connectivity index (χ3n) is 2.36. The predicted octanol–water partition coefficient (Wildman–Crippen LogP) is 3.60. The van der Waals surface area contributed by atoms with E-state index in [1.54, 1.807) is 0 Å². The van der Waals surface area contributed by atoms with E-state index in [4.69, 9.17) is 4.74 Å². The van der Waals surface area contributed by atoms with Gasteiger partial charge in [-0.15, -0.1) is 11.8 Å². The molecule has 0 atom stereocenters. The number of nitrogens with one attached hydrogen (secondary N) is 1. The summed E-state index contributed by atoms with van der Waals surface area (Å²) in [5.74, 6) is 0.167. The van der Waals surface area contributed by atoms with Gasteiger partial charge in [0.05, 0.1) is 12.4 Å². The van der Waals surface area contributed by atoms with Gasteiger partial charge in [-0.1, -0.05) is 19.9 Å². The number of benzene rings is 1. The standard InChI is InChI=1S/C14H20BrNO2S/c1-4-18-14(17)9-19-13-6-5-11(7-12(13)15)8-16-10(2)3/h5-7,10,16H,4,8-9H2,1-3H3. The minimum absolute atomic E-state index is 0.176. The van der Waals surface area contributed by atoms with E-state index in [-0.39, 0.29) is 5.97 Å². The zero-order chi connectivity index (χ0) is 14.3. The zero-order valence-corrected chi connectivity index (χ0v) is 13.9. The van der Waals surface area contributed by atoms with Crippen molar-refractivity contribution in [1.82, 2.24) is 5.32 Å². The number of carbonyl (C=O) groups is 1. The van der Waals surface area contributed by atoms with E-state index in [1.165, 1.54) is 17.3 Å². The van der Waals surface area contributed by atoms with Crippen molar-refractivity contribution in [3.05, 3.63) is 28.2 Å². The molecule has 0 bridgehead atoms. The Morgan fingerprint density at radius 2 is 2.21 bits per heavy atom. The smallest absolute Gasteiger partial charge is 0.316 e. The highest BCUT2D eigenvalue weighted by molar-refractivity contribution is 9.10. The first-order valence-electron chi connectivity index (χ1n) is 6.33. The lowest BCUT2D eigenvalue weighted by Crippen LogP contribution is -2.21. The van der Waals surface area contributed by atoms with E-state index >= 15 is 0 Å². The molecule has 0 saturated heterocycles. The van der Waals surface area contributed by atoms with E-state index in [0.29, 0.717) is 18.4 Å². The van der Waals surface area contributed by atoms with E-state index in [9.17, 15) is 4.79 Å². The Labute approximate surface area is 127 Å². The summed E-state index contributed by atoms with van der Waals surface area (Å²) >= 11 is 5.03. The van der Waals surface area contributed by atoms with Crippen LogP contribution < -0.4 is 5.32 Å². The van der Waals surface area contributed by atoms with Crippen LogP contribution in [0.1, 0.15) is 26.3 Å². The highest BCUT2D eigenvalue weighted by Crippen LogP contribution is 2.28. The van der Waals surface area contributed by atoms with Crippen molar-refractivity contribution < 1.29 is 9.53 Å². The maximum Gasteiger partial charge on any atom is 0.316 e. The Balaban J connectivity index is 2.54. The number of hydrogen-bond donors (Lipinski definition) is 1. The first kappa shape index (κ1) is 16.5. The molecule has 19 heavy (non-hydrogen) atoms. The van der Waals surface area contributed by atoms with Gasteiger partial charge >= 0.3 is 5.97 Å². The molecule has 0 saturated carbocycles. The summed E-state index contributed by atoms with van der Waals surface area (Å²) in [5.41, 5.74) is 1.22. The van der Waals surface area contributed by atoms with Crippen molar-refractivity contribution in [1.29, 1.82) is 0 Å². The molecule has 5 heteroatoms. The monoisotopic (exact) mass is 345 g/mol. The molecule has 0 unspecified atom stereocenters. The molecule has 0 aliphatic carbocycles. The molecule has 1 N–H and O–H groups in total. The highest BCUT2D eigenvalue weighted by Gasteiger charge is 2.07. The van der Waals surface area contributed by atoms with Crippen LogP contribution in [0, 0.1) is 0 Å². The van der Waals surface area contributed by atoms with Gasteiger partial charge in [0.2, 0.25) is 0 Å². The normalized spacial score (nSPS) is 10.8. The molecule has 0 aliphatic rings. The van der Waals surface area contributed by atoms with Gasteiger partial charge in [0.15, 0.2) is 0 Å². The first-order chi connectivity index (χ1) is 9.02. The van der Waals surface area contributed by atoms with Crippen LogP contribution >= 0.6 is 27.7 Å². The minimum Gasteiger partial charge on any atom is -0.465 e. The molecular weight excluding hydrogens is 326 g/mol. The van der Waals surface area contributed by atoms with Crippen LogP contribution in [0.25, 0.3) is 0 Å². The topological polar surface area (TPSA) is 38.3 Å². The summed E-state index contributed by atoms with van der Waals surface area (Å²) < 4.78 is 5.93. The van der Waals surface area contributed by atoms with E-state index < -0.39 is 0 Å². The quantitative estimate of drug-likeness (QED) is 0.605. The molecule has 0 aliphatic heterocycles. The van der Waals surface area contributed by atoms with Crippen molar-refractivity contribution in [3.8, 4) is 0 Å². The van der Waals surface area contributed by atoms with Gasteiger partial charge in [0.25, 0.3) is 0 Å². The van der Waals surface area contributed by atoms with Gasteiger partial charge < -0.3 is 10.1 Å². The lowest BCUT2D eigenvalue weighted by Gasteiger charge is -2.10. The van der Waals surface area contributed by atoms with Crippen molar-refractivity contribution in [2.45, 2.75) is 38.3 Å². The third kappa shape index (κ3) is 6.45. The summed E-state index contributed by atoms with van der Waals surface area (Å²) in [5, 5.41) is 3.37. The number of halogens is 1. The number of ether oxygens (including phenoxy) is 1. The molecular formula is C14H20BrNO2S. The molecule has 1 aromatic carbocycles. The Morgan fingerprint density at radius 3 is 2.79 bits per heavy atom. The van der Waals surface area contributed by atoms with Crippen LogP contribution in [0.4, 0.5) is 0 Å². The Morgan fingerprint density at radius 1 is 1.47 bits per heavy atom. The molecule has 0 radical (unpaired) electrons. The van der Waals surface area contributed by atoms with E-state index in [0.717, 1.165) is 15.9 Å². The third-order valence-corrected chi connectivity index (χ3v) is 4.33. The number of esters is 1.